The molecule has 0 fully saturated rings. The first-order valence-electron chi connectivity index (χ1n) is 5.04. The van der Waals surface area contributed by atoms with Crippen LogP contribution in [0.1, 0.15) is 27.2 Å². The summed E-state index contributed by atoms with van der Waals surface area (Å²) in [5.41, 5.74) is 4.67. The van der Waals surface area contributed by atoms with E-state index in [0.717, 1.165) is 6.42 Å². The Morgan fingerprint density at radius 2 is 2.07 bits per heavy atom. The van der Waals surface area contributed by atoms with E-state index in [4.69, 9.17) is 10.5 Å². The van der Waals surface area contributed by atoms with Crippen molar-refractivity contribution >= 4 is 5.91 Å². The van der Waals surface area contributed by atoms with Gasteiger partial charge in [0.25, 0.3) is 5.91 Å². The van der Waals surface area contributed by atoms with Crippen LogP contribution in [0.3, 0.4) is 0 Å². The average Bonchev–Trinajstić information content (AvgIpc) is 2.18. The van der Waals surface area contributed by atoms with E-state index in [9.17, 15) is 4.79 Å². The molecule has 2 N–H and O–H groups in total. The Morgan fingerprint density at radius 3 is 2.43 bits per heavy atom. The van der Waals surface area contributed by atoms with Gasteiger partial charge in [-0.3, -0.25) is 4.79 Å². The Kier molecular flexibility index (Phi) is 5.72. The van der Waals surface area contributed by atoms with E-state index >= 15 is 0 Å². The zero-order valence-electron chi connectivity index (χ0n) is 9.67. The van der Waals surface area contributed by atoms with E-state index in [1.165, 1.54) is 0 Å². The highest BCUT2D eigenvalue weighted by Gasteiger charge is 2.30. The lowest BCUT2D eigenvalue weighted by molar-refractivity contribution is -0.150. The first-order chi connectivity index (χ1) is 6.49. The van der Waals surface area contributed by atoms with Crippen molar-refractivity contribution < 1.29 is 9.53 Å². The minimum Gasteiger partial charge on any atom is -0.369 e. The number of methoxy groups -OCH3 is 1. The van der Waals surface area contributed by atoms with Crippen LogP contribution in [0.25, 0.3) is 0 Å². The van der Waals surface area contributed by atoms with Crippen LogP contribution in [-0.2, 0) is 9.53 Å². The highest BCUT2D eigenvalue weighted by Crippen LogP contribution is 2.12. The molecule has 0 saturated heterocycles. The molecule has 0 heterocycles. The molecule has 0 aliphatic rings. The van der Waals surface area contributed by atoms with Gasteiger partial charge in [-0.05, 0) is 33.7 Å². The van der Waals surface area contributed by atoms with Gasteiger partial charge in [0.2, 0.25) is 0 Å². The van der Waals surface area contributed by atoms with Gasteiger partial charge in [0.05, 0.1) is 0 Å². The molecule has 0 radical (unpaired) electrons. The maximum Gasteiger partial charge on any atom is 0.254 e. The summed E-state index contributed by atoms with van der Waals surface area (Å²) in [6.07, 6.45) is 0.833. The molecule has 0 unspecified atom stereocenters. The SMILES string of the molecule is CCN(CCCN)C(=O)C(C)(C)OC. The smallest absolute Gasteiger partial charge is 0.254 e. The first-order valence-corrected chi connectivity index (χ1v) is 5.04. The van der Waals surface area contributed by atoms with Crippen LogP contribution in [-0.4, -0.2) is 43.2 Å². The van der Waals surface area contributed by atoms with Crippen molar-refractivity contribution in [2.24, 2.45) is 5.73 Å². The van der Waals surface area contributed by atoms with Crippen molar-refractivity contribution in [1.82, 2.24) is 4.90 Å². The lowest BCUT2D eigenvalue weighted by Gasteiger charge is -2.30. The molecule has 0 bridgehead atoms. The second-order valence-electron chi connectivity index (χ2n) is 3.74. The minimum atomic E-state index is -0.732. The van der Waals surface area contributed by atoms with Gasteiger partial charge >= 0.3 is 0 Å². The molecule has 0 rings (SSSR count). The summed E-state index contributed by atoms with van der Waals surface area (Å²) in [7, 11) is 1.55. The summed E-state index contributed by atoms with van der Waals surface area (Å²) in [6, 6.07) is 0. The fraction of sp³-hybridized carbons (Fsp3) is 0.900. The number of amides is 1. The molecule has 4 nitrogen and oxygen atoms in total. The predicted molar refractivity (Wildman–Crippen MR) is 57.0 cm³/mol. The highest BCUT2D eigenvalue weighted by atomic mass is 16.5. The Hall–Kier alpha value is -0.610. The van der Waals surface area contributed by atoms with Crippen molar-refractivity contribution in [1.29, 1.82) is 0 Å². The van der Waals surface area contributed by atoms with Crippen LogP contribution in [0.15, 0.2) is 0 Å². The third kappa shape index (κ3) is 3.64. The van der Waals surface area contributed by atoms with Crippen LogP contribution in [0.5, 0.6) is 0 Å². The Bertz CT molecular complexity index is 181. The van der Waals surface area contributed by atoms with Crippen molar-refractivity contribution in [2.45, 2.75) is 32.8 Å². The summed E-state index contributed by atoms with van der Waals surface area (Å²) < 4.78 is 5.14. The molecule has 14 heavy (non-hydrogen) atoms. The molecular formula is C10H22N2O2. The molecule has 0 aliphatic carbocycles. The predicted octanol–water partition coefficient (Wildman–Crippen LogP) is 0.609. The second kappa shape index (κ2) is 5.98. The van der Waals surface area contributed by atoms with E-state index in [-0.39, 0.29) is 5.91 Å². The molecule has 4 heteroatoms. The monoisotopic (exact) mass is 202 g/mol. The number of hydrogen-bond donors (Lipinski definition) is 1. The number of carbonyl (C=O) groups is 1. The van der Waals surface area contributed by atoms with Crippen LogP contribution in [0.4, 0.5) is 0 Å². The fourth-order valence-electron chi connectivity index (χ4n) is 1.15. The maximum absolute atomic E-state index is 11.9. The van der Waals surface area contributed by atoms with Crippen LogP contribution >= 0.6 is 0 Å². The molecule has 1 amide bonds. The molecule has 0 aliphatic heterocycles. The van der Waals surface area contributed by atoms with E-state index in [0.29, 0.717) is 19.6 Å². The topological polar surface area (TPSA) is 55.6 Å². The first kappa shape index (κ1) is 13.4. The normalized spacial score (nSPS) is 11.5. The lowest BCUT2D eigenvalue weighted by atomic mass is 10.1. The lowest BCUT2D eigenvalue weighted by Crippen LogP contribution is -2.47. The Labute approximate surface area is 86.4 Å². The van der Waals surface area contributed by atoms with Gasteiger partial charge in [0, 0.05) is 20.2 Å². The number of rotatable bonds is 6. The number of likely N-dealkylation sites (N-methyl/N-ethyl adjacent to an activating group) is 1. The number of hydrogen-bond acceptors (Lipinski definition) is 3. The van der Waals surface area contributed by atoms with Gasteiger partial charge in [-0.1, -0.05) is 0 Å². The summed E-state index contributed by atoms with van der Waals surface area (Å²) in [4.78, 5) is 13.7. The Morgan fingerprint density at radius 1 is 1.50 bits per heavy atom. The van der Waals surface area contributed by atoms with Crippen molar-refractivity contribution in [2.75, 3.05) is 26.7 Å². The third-order valence-corrected chi connectivity index (χ3v) is 2.33. The van der Waals surface area contributed by atoms with Crippen molar-refractivity contribution in [3.05, 3.63) is 0 Å². The van der Waals surface area contributed by atoms with Gasteiger partial charge in [-0.25, -0.2) is 0 Å². The molecule has 0 saturated carbocycles. The van der Waals surface area contributed by atoms with Gasteiger partial charge < -0.3 is 15.4 Å². The van der Waals surface area contributed by atoms with Crippen LogP contribution in [0.2, 0.25) is 0 Å². The van der Waals surface area contributed by atoms with Crippen LogP contribution < -0.4 is 5.73 Å². The van der Waals surface area contributed by atoms with Gasteiger partial charge in [-0.2, -0.15) is 0 Å². The molecular weight excluding hydrogens is 180 g/mol. The van der Waals surface area contributed by atoms with Gasteiger partial charge in [0.1, 0.15) is 5.60 Å². The van der Waals surface area contributed by atoms with Gasteiger partial charge in [-0.15, -0.1) is 0 Å². The number of ether oxygens (including phenoxy) is 1. The average molecular weight is 202 g/mol. The van der Waals surface area contributed by atoms with Gasteiger partial charge in [0.15, 0.2) is 0 Å². The number of carbonyl (C=O) groups excluding carboxylic acids is 1. The van der Waals surface area contributed by atoms with E-state index in [1.54, 1.807) is 25.9 Å². The Balaban J connectivity index is 4.30. The molecule has 0 aromatic rings. The molecule has 0 atom stereocenters. The molecule has 0 aromatic carbocycles. The number of nitrogens with two attached hydrogens (primary N) is 1. The zero-order valence-corrected chi connectivity index (χ0v) is 9.67. The molecule has 0 spiro atoms. The standard InChI is InChI=1S/C10H22N2O2/c1-5-12(8-6-7-11)9(13)10(2,3)14-4/h5-8,11H2,1-4H3. The number of nitrogens with zero attached hydrogens (tertiary/aromatic N) is 1. The fourth-order valence-corrected chi connectivity index (χ4v) is 1.15. The summed E-state index contributed by atoms with van der Waals surface area (Å²) in [5.74, 6) is 0.0240. The van der Waals surface area contributed by atoms with E-state index in [2.05, 4.69) is 0 Å². The highest BCUT2D eigenvalue weighted by molar-refractivity contribution is 5.84. The largest absolute Gasteiger partial charge is 0.369 e. The van der Waals surface area contributed by atoms with E-state index in [1.807, 2.05) is 6.92 Å². The van der Waals surface area contributed by atoms with E-state index < -0.39 is 5.60 Å². The van der Waals surface area contributed by atoms with Crippen molar-refractivity contribution in [3.8, 4) is 0 Å². The quantitative estimate of drug-likeness (QED) is 0.686. The van der Waals surface area contributed by atoms with Crippen molar-refractivity contribution in [3.63, 3.8) is 0 Å². The molecule has 84 valence electrons. The second-order valence-corrected chi connectivity index (χ2v) is 3.74. The summed E-state index contributed by atoms with van der Waals surface area (Å²) >= 11 is 0. The summed E-state index contributed by atoms with van der Waals surface area (Å²) in [5, 5.41) is 0. The minimum absolute atomic E-state index is 0.0240. The molecule has 0 aromatic heterocycles. The van der Waals surface area contributed by atoms with Crippen LogP contribution in [0, 0.1) is 0 Å². The zero-order chi connectivity index (χ0) is 11.2. The maximum atomic E-state index is 11.9. The third-order valence-electron chi connectivity index (χ3n) is 2.33. The summed E-state index contributed by atoms with van der Waals surface area (Å²) in [6.45, 7) is 7.53.